The number of carbonyl (C=O) groups excluding carboxylic acids is 3. The first-order chi connectivity index (χ1) is 16.0. The number of carbonyl (C=O) groups is 3. The average molecular weight is 447 g/mol. The molecule has 0 radical (unpaired) electrons. The normalized spacial score (nSPS) is 14.7. The molecule has 170 valence electrons. The third-order valence-corrected chi connectivity index (χ3v) is 5.75. The second kappa shape index (κ2) is 10.2. The van der Waals surface area contributed by atoms with Crippen molar-refractivity contribution in [2.24, 2.45) is 0 Å². The molecule has 1 aliphatic rings. The number of hydrogen-bond acceptors (Lipinski definition) is 5. The van der Waals surface area contributed by atoms with Crippen LogP contribution in [0.3, 0.4) is 0 Å². The summed E-state index contributed by atoms with van der Waals surface area (Å²) in [5.41, 5.74) is 1.61. The molecule has 33 heavy (non-hydrogen) atoms. The first-order valence-electron chi connectivity index (χ1n) is 11.0. The first-order valence-corrected chi connectivity index (χ1v) is 11.0. The topological polar surface area (TPSA) is 80.1 Å². The smallest absolute Gasteiger partial charge is 0.318 e. The number of nitrogens with zero attached hydrogens (tertiary/aromatic N) is 2. The summed E-state index contributed by atoms with van der Waals surface area (Å²) in [5, 5.41) is 0. The van der Waals surface area contributed by atoms with Crippen LogP contribution in [0.2, 0.25) is 0 Å². The minimum absolute atomic E-state index is 0.194. The van der Waals surface area contributed by atoms with Crippen molar-refractivity contribution in [2.75, 3.05) is 26.2 Å². The lowest BCUT2D eigenvalue weighted by Gasteiger charge is -2.35. The molecule has 1 aliphatic heterocycles. The maximum absolute atomic E-state index is 13.2. The van der Waals surface area contributed by atoms with Crippen molar-refractivity contribution >= 4 is 17.8 Å². The van der Waals surface area contributed by atoms with Gasteiger partial charge in [-0.15, -0.1) is 0 Å². The van der Waals surface area contributed by atoms with Gasteiger partial charge < -0.3 is 19.0 Å². The van der Waals surface area contributed by atoms with Crippen LogP contribution in [0, 0.1) is 0 Å². The Hall–Kier alpha value is -3.87. The maximum atomic E-state index is 13.2. The predicted octanol–water partition coefficient (Wildman–Crippen LogP) is 3.33. The second-order valence-corrected chi connectivity index (χ2v) is 7.93. The van der Waals surface area contributed by atoms with Gasteiger partial charge in [0.05, 0.1) is 6.26 Å². The standard InChI is InChI=1S/C26H26N2O5/c1-19(24(29)27-14-16-28(17-15-27)25(30)22-13-8-18-32-22)33-26(31)23(20-9-4-2-5-10-20)21-11-6-3-7-12-21/h2-13,18-19,23H,14-17H2,1H3/t19-/m0/s1. The summed E-state index contributed by atoms with van der Waals surface area (Å²) in [7, 11) is 0. The molecule has 1 atom stereocenters. The number of ether oxygens (including phenoxy) is 1. The monoisotopic (exact) mass is 446 g/mol. The highest BCUT2D eigenvalue weighted by molar-refractivity contribution is 5.92. The average Bonchev–Trinajstić information content (AvgIpc) is 3.40. The van der Waals surface area contributed by atoms with Crippen LogP contribution in [0.4, 0.5) is 0 Å². The predicted molar refractivity (Wildman–Crippen MR) is 121 cm³/mol. The Balaban J connectivity index is 1.38. The molecule has 0 aliphatic carbocycles. The van der Waals surface area contributed by atoms with Crippen LogP contribution in [-0.2, 0) is 14.3 Å². The van der Waals surface area contributed by atoms with E-state index >= 15 is 0 Å². The molecule has 1 fully saturated rings. The van der Waals surface area contributed by atoms with Gasteiger partial charge in [0.25, 0.3) is 11.8 Å². The van der Waals surface area contributed by atoms with Crippen molar-refractivity contribution in [3.05, 3.63) is 95.9 Å². The molecule has 4 rings (SSSR count). The van der Waals surface area contributed by atoms with Crippen LogP contribution < -0.4 is 0 Å². The Morgan fingerprint density at radius 3 is 1.85 bits per heavy atom. The molecule has 1 saturated heterocycles. The molecular weight excluding hydrogens is 420 g/mol. The Bertz CT molecular complexity index is 1030. The van der Waals surface area contributed by atoms with Crippen molar-refractivity contribution in [3.8, 4) is 0 Å². The highest BCUT2D eigenvalue weighted by Crippen LogP contribution is 2.26. The van der Waals surface area contributed by atoms with Crippen LogP contribution in [0.5, 0.6) is 0 Å². The van der Waals surface area contributed by atoms with E-state index in [1.54, 1.807) is 28.9 Å². The molecule has 7 nitrogen and oxygen atoms in total. The largest absolute Gasteiger partial charge is 0.459 e. The molecule has 2 aromatic carbocycles. The van der Waals surface area contributed by atoms with E-state index in [1.807, 2.05) is 60.7 Å². The third kappa shape index (κ3) is 5.14. The molecule has 0 unspecified atom stereocenters. The number of furan rings is 1. The minimum Gasteiger partial charge on any atom is -0.459 e. The maximum Gasteiger partial charge on any atom is 0.318 e. The van der Waals surface area contributed by atoms with Crippen LogP contribution in [0.1, 0.15) is 34.5 Å². The Labute approximate surface area is 192 Å². The Morgan fingerprint density at radius 1 is 0.788 bits per heavy atom. The second-order valence-electron chi connectivity index (χ2n) is 7.93. The van der Waals surface area contributed by atoms with Crippen molar-refractivity contribution in [1.29, 1.82) is 0 Å². The van der Waals surface area contributed by atoms with E-state index in [1.165, 1.54) is 6.26 Å². The van der Waals surface area contributed by atoms with Gasteiger partial charge in [-0.05, 0) is 30.2 Å². The fourth-order valence-corrected chi connectivity index (χ4v) is 3.99. The Kier molecular flexibility index (Phi) is 6.88. The van der Waals surface area contributed by atoms with Gasteiger partial charge in [-0.1, -0.05) is 60.7 Å². The van der Waals surface area contributed by atoms with Crippen LogP contribution in [-0.4, -0.2) is 59.9 Å². The van der Waals surface area contributed by atoms with Gasteiger partial charge in [0, 0.05) is 26.2 Å². The summed E-state index contributed by atoms with van der Waals surface area (Å²) in [6.45, 7) is 3.11. The zero-order valence-corrected chi connectivity index (χ0v) is 18.4. The summed E-state index contributed by atoms with van der Waals surface area (Å²) in [6.07, 6.45) is 0.529. The van der Waals surface area contributed by atoms with Gasteiger partial charge in [-0.2, -0.15) is 0 Å². The lowest BCUT2D eigenvalue weighted by molar-refractivity contribution is -0.160. The summed E-state index contributed by atoms with van der Waals surface area (Å²) in [5.74, 6) is -1.27. The van der Waals surface area contributed by atoms with E-state index in [0.29, 0.717) is 26.2 Å². The summed E-state index contributed by atoms with van der Waals surface area (Å²) < 4.78 is 10.8. The molecule has 0 bridgehead atoms. The Morgan fingerprint density at radius 2 is 1.33 bits per heavy atom. The molecule has 0 saturated carbocycles. The summed E-state index contributed by atoms with van der Waals surface area (Å²) in [4.78, 5) is 41.8. The van der Waals surface area contributed by atoms with Crippen molar-refractivity contribution < 1.29 is 23.5 Å². The fraction of sp³-hybridized carbons (Fsp3) is 0.269. The van der Waals surface area contributed by atoms with Gasteiger partial charge in [0.1, 0.15) is 5.92 Å². The minimum atomic E-state index is -0.931. The lowest BCUT2D eigenvalue weighted by atomic mass is 9.91. The lowest BCUT2D eigenvalue weighted by Crippen LogP contribution is -2.53. The fourth-order valence-electron chi connectivity index (χ4n) is 3.99. The zero-order chi connectivity index (χ0) is 23.2. The van der Waals surface area contributed by atoms with Crippen LogP contribution in [0.25, 0.3) is 0 Å². The zero-order valence-electron chi connectivity index (χ0n) is 18.4. The number of hydrogen-bond donors (Lipinski definition) is 0. The molecule has 1 aromatic heterocycles. The summed E-state index contributed by atoms with van der Waals surface area (Å²) in [6, 6.07) is 22.1. The van der Waals surface area contributed by atoms with Gasteiger partial charge in [-0.25, -0.2) is 0 Å². The van der Waals surface area contributed by atoms with E-state index in [-0.39, 0.29) is 17.6 Å². The van der Waals surface area contributed by atoms with E-state index in [4.69, 9.17) is 9.15 Å². The van der Waals surface area contributed by atoms with Crippen molar-refractivity contribution in [2.45, 2.75) is 18.9 Å². The van der Waals surface area contributed by atoms with Gasteiger partial charge in [0.15, 0.2) is 11.9 Å². The molecule has 7 heteroatoms. The van der Waals surface area contributed by atoms with Crippen molar-refractivity contribution in [1.82, 2.24) is 9.80 Å². The van der Waals surface area contributed by atoms with E-state index < -0.39 is 18.0 Å². The highest BCUT2D eigenvalue weighted by Gasteiger charge is 2.32. The number of esters is 1. The van der Waals surface area contributed by atoms with E-state index in [0.717, 1.165) is 11.1 Å². The molecular formula is C26H26N2O5. The van der Waals surface area contributed by atoms with Gasteiger partial charge in [-0.3, -0.25) is 14.4 Å². The van der Waals surface area contributed by atoms with Gasteiger partial charge >= 0.3 is 5.97 Å². The summed E-state index contributed by atoms with van der Waals surface area (Å²) >= 11 is 0. The number of amides is 2. The first kappa shape index (κ1) is 22.3. The van der Waals surface area contributed by atoms with Crippen molar-refractivity contribution in [3.63, 3.8) is 0 Å². The number of rotatable bonds is 6. The molecule has 2 amide bonds. The highest BCUT2D eigenvalue weighted by atomic mass is 16.5. The molecule has 3 aromatic rings. The third-order valence-electron chi connectivity index (χ3n) is 5.75. The molecule has 0 N–H and O–H groups in total. The SMILES string of the molecule is C[C@H](OC(=O)C(c1ccccc1)c1ccccc1)C(=O)N1CCN(C(=O)c2ccco2)CC1. The number of benzene rings is 2. The van der Waals surface area contributed by atoms with E-state index in [9.17, 15) is 14.4 Å². The quantitative estimate of drug-likeness (QED) is 0.543. The molecule has 0 spiro atoms. The van der Waals surface area contributed by atoms with Gasteiger partial charge in [0.2, 0.25) is 0 Å². The number of piperazine rings is 1. The van der Waals surface area contributed by atoms with Crippen LogP contribution >= 0.6 is 0 Å². The molecule has 2 heterocycles. The van der Waals surface area contributed by atoms with E-state index in [2.05, 4.69) is 0 Å². The van der Waals surface area contributed by atoms with Crippen LogP contribution in [0.15, 0.2) is 83.5 Å².